The largest absolute Gasteiger partial charge is 0.298 e. The van der Waals surface area contributed by atoms with E-state index in [1.807, 2.05) is 30.1 Å². The fourth-order valence-corrected chi connectivity index (χ4v) is 4.13. The molecular formula is C18H23BrN4OS. The van der Waals surface area contributed by atoms with Crippen LogP contribution in [0.15, 0.2) is 32.8 Å². The Kier molecular flexibility index (Phi) is 5.53. The second-order valence-electron chi connectivity index (χ2n) is 6.42. The summed E-state index contributed by atoms with van der Waals surface area (Å²) in [6.45, 7) is 6.28. The fourth-order valence-electron chi connectivity index (χ4n) is 2.92. The molecule has 0 saturated carbocycles. The van der Waals surface area contributed by atoms with Crippen molar-refractivity contribution in [2.24, 2.45) is 10.1 Å². The quantitative estimate of drug-likeness (QED) is 0.741. The van der Waals surface area contributed by atoms with Gasteiger partial charge in [-0.15, -0.1) is 5.10 Å². The van der Waals surface area contributed by atoms with E-state index in [4.69, 9.17) is 10.1 Å². The molecule has 7 heteroatoms. The molecule has 1 aromatic rings. The number of benzene rings is 1. The SMILES string of the molecule is CCCCCSC1=NN2C(=c3cc(Br)ccc3=NC2(C)CC)C(=O)N1. The van der Waals surface area contributed by atoms with Gasteiger partial charge < -0.3 is 0 Å². The minimum absolute atomic E-state index is 0.109. The molecule has 134 valence electrons. The Labute approximate surface area is 160 Å². The number of thioether (sulfide) groups is 1. The molecular weight excluding hydrogens is 400 g/mol. The van der Waals surface area contributed by atoms with Crippen LogP contribution in [0.25, 0.3) is 5.70 Å². The molecule has 1 atom stereocenters. The molecule has 2 aliphatic rings. The molecule has 2 aliphatic heterocycles. The van der Waals surface area contributed by atoms with E-state index in [9.17, 15) is 4.79 Å². The van der Waals surface area contributed by atoms with Gasteiger partial charge in [-0.25, -0.2) is 5.01 Å². The first kappa shape index (κ1) is 18.5. The number of hydrazone groups is 1. The highest BCUT2D eigenvalue weighted by Gasteiger charge is 2.40. The van der Waals surface area contributed by atoms with Gasteiger partial charge >= 0.3 is 0 Å². The Balaban J connectivity index is 2.04. The van der Waals surface area contributed by atoms with E-state index in [1.165, 1.54) is 12.8 Å². The number of nitrogens with one attached hydrogen (secondary N) is 1. The number of hydrogen-bond acceptors (Lipinski definition) is 5. The van der Waals surface area contributed by atoms with Crippen molar-refractivity contribution in [3.63, 3.8) is 0 Å². The van der Waals surface area contributed by atoms with E-state index in [0.29, 0.717) is 10.9 Å². The molecule has 3 rings (SSSR count). The molecule has 1 unspecified atom stereocenters. The highest BCUT2D eigenvalue weighted by molar-refractivity contribution is 9.10. The number of carbonyl (C=O) groups is 1. The summed E-state index contributed by atoms with van der Waals surface area (Å²) < 4.78 is 0.922. The highest BCUT2D eigenvalue weighted by atomic mass is 79.9. The Hall–Kier alpha value is -1.34. The van der Waals surface area contributed by atoms with Gasteiger partial charge in [0.2, 0.25) is 0 Å². The molecule has 0 spiro atoms. The molecule has 1 N–H and O–H groups in total. The summed E-state index contributed by atoms with van der Waals surface area (Å²) in [6.07, 6.45) is 4.26. The summed E-state index contributed by atoms with van der Waals surface area (Å²) >= 11 is 5.09. The molecule has 0 aliphatic carbocycles. The van der Waals surface area contributed by atoms with Crippen molar-refractivity contribution in [1.29, 1.82) is 0 Å². The van der Waals surface area contributed by atoms with Crippen molar-refractivity contribution in [3.8, 4) is 0 Å². The van der Waals surface area contributed by atoms with Gasteiger partial charge in [-0.2, -0.15) is 0 Å². The van der Waals surface area contributed by atoms with Gasteiger partial charge in [-0.05, 0) is 38.0 Å². The average Bonchev–Trinajstić information content (AvgIpc) is 2.59. The summed E-state index contributed by atoms with van der Waals surface area (Å²) in [5.74, 6) is 0.847. The predicted molar refractivity (Wildman–Crippen MR) is 106 cm³/mol. The minimum atomic E-state index is -0.552. The predicted octanol–water partition coefficient (Wildman–Crippen LogP) is 2.94. The average molecular weight is 423 g/mol. The zero-order valence-corrected chi connectivity index (χ0v) is 17.2. The van der Waals surface area contributed by atoms with Crippen LogP contribution in [0.1, 0.15) is 46.5 Å². The lowest BCUT2D eigenvalue weighted by atomic mass is 10.0. The maximum absolute atomic E-state index is 12.9. The standard InChI is InChI=1S/C18H23BrN4OS/c1-4-6-7-10-25-17-20-16(24)15-13-11-12(19)8-9-14(13)21-18(3,5-2)23(15)22-17/h8-9,11H,4-7,10H2,1-3H3,(H,20,22,24). The first-order valence-corrected chi connectivity index (χ1v) is 10.5. The lowest BCUT2D eigenvalue weighted by Gasteiger charge is -2.40. The van der Waals surface area contributed by atoms with E-state index < -0.39 is 5.66 Å². The number of amides is 1. The number of halogens is 1. The Morgan fingerprint density at radius 1 is 1.32 bits per heavy atom. The summed E-state index contributed by atoms with van der Waals surface area (Å²) in [4.78, 5) is 17.8. The van der Waals surface area contributed by atoms with Crippen molar-refractivity contribution in [2.75, 3.05) is 5.75 Å². The third-order valence-corrected chi connectivity index (χ3v) is 5.97. The van der Waals surface area contributed by atoms with Crippen LogP contribution in [0.5, 0.6) is 0 Å². The molecule has 0 fully saturated rings. The van der Waals surface area contributed by atoms with Crippen LogP contribution in [0.3, 0.4) is 0 Å². The Morgan fingerprint density at radius 2 is 2.12 bits per heavy atom. The second-order valence-corrected chi connectivity index (χ2v) is 8.42. The van der Waals surface area contributed by atoms with Gasteiger partial charge in [-0.1, -0.05) is 54.4 Å². The fraction of sp³-hybridized carbons (Fsp3) is 0.500. The molecule has 1 amide bonds. The van der Waals surface area contributed by atoms with E-state index in [1.54, 1.807) is 11.8 Å². The molecule has 5 nitrogen and oxygen atoms in total. The molecule has 0 saturated heterocycles. The number of carbonyl (C=O) groups excluding carboxylic acids is 1. The van der Waals surface area contributed by atoms with Gasteiger partial charge in [0, 0.05) is 15.4 Å². The molecule has 0 radical (unpaired) electrons. The molecule has 0 bridgehead atoms. The van der Waals surface area contributed by atoms with Crippen molar-refractivity contribution < 1.29 is 4.79 Å². The normalized spacial score (nSPS) is 21.9. The lowest BCUT2D eigenvalue weighted by molar-refractivity contribution is -0.116. The molecule has 2 heterocycles. The van der Waals surface area contributed by atoms with Gasteiger partial charge in [0.15, 0.2) is 10.8 Å². The number of amidine groups is 1. The second kappa shape index (κ2) is 7.50. The van der Waals surface area contributed by atoms with Gasteiger partial charge in [-0.3, -0.25) is 15.1 Å². The van der Waals surface area contributed by atoms with Gasteiger partial charge in [0.25, 0.3) is 5.91 Å². The van der Waals surface area contributed by atoms with Crippen LogP contribution >= 0.6 is 27.7 Å². The van der Waals surface area contributed by atoms with Crippen molar-refractivity contribution >= 4 is 44.5 Å². The van der Waals surface area contributed by atoms with Crippen LogP contribution < -0.4 is 15.9 Å². The smallest absolute Gasteiger partial charge is 0.276 e. The van der Waals surface area contributed by atoms with Crippen molar-refractivity contribution in [3.05, 3.63) is 33.2 Å². The number of unbranched alkanes of at least 4 members (excludes halogenated alkanes) is 2. The number of nitrogens with zero attached hydrogens (tertiary/aromatic N) is 3. The maximum Gasteiger partial charge on any atom is 0.276 e. The first-order chi connectivity index (χ1) is 12.0. The van der Waals surface area contributed by atoms with Crippen LogP contribution in [-0.4, -0.2) is 27.5 Å². The number of rotatable bonds is 5. The number of fused-ring (bicyclic) bond motifs is 2. The number of hydrogen-bond donors (Lipinski definition) is 1. The maximum atomic E-state index is 12.9. The molecule has 0 aromatic heterocycles. The lowest BCUT2D eigenvalue weighted by Crippen LogP contribution is -2.57. The topological polar surface area (TPSA) is 57.1 Å². The summed E-state index contributed by atoms with van der Waals surface area (Å²) in [5.41, 5.74) is 0.0249. The van der Waals surface area contributed by atoms with Gasteiger partial charge in [0.1, 0.15) is 5.70 Å². The Morgan fingerprint density at radius 3 is 2.84 bits per heavy atom. The summed E-state index contributed by atoms with van der Waals surface area (Å²) in [6, 6.07) is 5.84. The van der Waals surface area contributed by atoms with Crippen LogP contribution in [0.2, 0.25) is 0 Å². The molecule has 1 aromatic carbocycles. The van der Waals surface area contributed by atoms with E-state index in [2.05, 4.69) is 35.1 Å². The van der Waals surface area contributed by atoms with Gasteiger partial charge in [0.05, 0.1) is 5.36 Å². The Bertz CT molecular complexity index is 838. The van der Waals surface area contributed by atoms with E-state index in [0.717, 1.165) is 33.6 Å². The molecule has 25 heavy (non-hydrogen) atoms. The first-order valence-electron chi connectivity index (χ1n) is 8.71. The highest BCUT2D eigenvalue weighted by Crippen LogP contribution is 2.30. The monoisotopic (exact) mass is 422 g/mol. The van der Waals surface area contributed by atoms with E-state index in [-0.39, 0.29) is 5.91 Å². The van der Waals surface area contributed by atoms with Crippen LogP contribution in [0.4, 0.5) is 0 Å². The summed E-state index contributed by atoms with van der Waals surface area (Å²) in [5, 5.41) is 11.8. The van der Waals surface area contributed by atoms with Crippen LogP contribution in [0, 0.1) is 0 Å². The minimum Gasteiger partial charge on any atom is -0.298 e. The van der Waals surface area contributed by atoms with Crippen LogP contribution in [-0.2, 0) is 4.79 Å². The third-order valence-electron chi connectivity index (χ3n) is 4.53. The van der Waals surface area contributed by atoms with E-state index >= 15 is 0 Å². The summed E-state index contributed by atoms with van der Waals surface area (Å²) in [7, 11) is 0. The third kappa shape index (κ3) is 3.62. The van der Waals surface area contributed by atoms with Crippen molar-refractivity contribution in [2.45, 2.75) is 52.1 Å². The zero-order valence-electron chi connectivity index (χ0n) is 14.8. The zero-order chi connectivity index (χ0) is 18.0. The van der Waals surface area contributed by atoms with Crippen molar-refractivity contribution in [1.82, 2.24) is 10.3 Å².